The molecule has 1 rings (SSSR count). The molecular weight excluding hydrogens is 172 g/mol. The summed E-state index contributed by atoms with van der Waals surface area (Å²) in [5.74, 6) is 0. The van der Waals surface area contributed by atoms with Crippen LogP contribution in [0.5, 0.6) is 0 Å². The summed E-state index contributed by atoms with van der Waals surface area (Å²) in [6.45, 7) is 7.42. The number of hydrogen-bond donors (Lipinski definition) is 1. The Morgan fingerprint density at radius 2 is 1.93 bits per heavy atom. The number of aliphatic hydroxyl groups is 1. The number of hydrogen-bond acceptors (Lipinski definition) is 1. The van der Waals surface area contributed by atoms with Crippen LogP contribution in [-0.2, 0) is 5.60 Å². The zero-order valence-electron chi connectivity index (χ0n) is 8.70. The summed E-state index contributed by atoms with van der Waals surface area (Å²) in [7, 11) is 0. The first kappa shape index (κ1) is 10.7. The molecular formula is C13H16O. The van der Waals surface area contributed by atoms with Gasteiger partial charge in [-0.2, -0.15) is 0 Å². The molecule has 0 radical (unpaired) electrons. The van der Waals surface area contributed by atoms with Crippen LogP contribution in [0.2, 0.25) is 0 Å². The average molecular weight is 188 g/mol. The Morgan fingerprint density at radius 1 is 1.36 bits per heavy atom. The Labute approximate surface area is 85.4 Å². The van der Waals surface area contributed by atoms with E-state index in [0.29, 0.717) is 0 Å². The number of benzene rings is 1. The second-order valence-electron chi connectivity index (χ2n) is 3.69. The van der Waals surface area contributed by atoms with Crippen molar-refractivity contribution in [2.75, 3.05) is 0 Å². The van der Waals surface area contributed by atoms with Crippen LogP contribution in [-0.4, -0.2) is 5.11 Å². The molecule has 0 aliphatic carbocycles. The van der Waals surface area contributed by atoms with E-state index in [0.717, 1.165) is 11.1 Å². The van der Waals surface area contributed by atoms with Gasteiger partial charge in [0.1, 0.15) is 5.60 Å². The van der Waals surface area contributed by atoms with Crippen molar-refractivity contribution in [2.45, 2.75) is 19.4 Å². The van der Waals surface area contributed by atoms with E-state index in [1.54, 1.807) is 13.0 Å². The lowest BCUT2D eigenvalue weighted by molar-refractivity contribution is 0.111. The summed E-state index contributed by atoms with van der Waals surface area (Å²) in [5.41, 5.74) is 0.902. The van der Waals surface area contributed by atoms with Gasteiger partial charge in [-0.3, -0.25) is 0 Å². The normalized spacial score (nSPS) is 15.4. The highest BCUT2D eigenvalue weighted by atomic mass is 16.3. The molecule has 0 unspecified atom stereocenters. The van der Waals surface area contributed by atoms with E-state index in [2.05, 4.69) is 6.58 Å². The largest absolute Gasteiger partial charge is 0.381 e. The van der Waals surface area contributed by atoms with Crippen LogP contribution in [0, 0.1) is 0 Å². The Morgan fingerprint density at radius 3 is 2.43 bits per heavy atom. The fourth-order valence-corrected chi connectivity index (χ4v) is 1.18. The molecule has 0 bridgehead atoms. The molecule has 0 aromatic heterocycles. The van der Waals surface area contributed by atoms with Gasteiger partial charge in [-0.1, -0.05) is 48.6 Å². The molecule has 0 fully saturated rings. The minimum Gasteiger partial charge on any atom is -0.381 e. The SMILES string of the molecule is C=C(C)/C=C/[C@](C)(O)c1ccccc1. The highest BCUT2D eigenvalue weighted by Crippen LogP contribution is 2.21. The van der Waals surface area contributed by atoms with Crippen molar-refractivity contribution < 1.29 is 5.11 Å². The summed E-state index contributed by atoms with van der Waals surface area (Å²) < 4.78 is 0. The Bertz CT molecular complexity index is 334. The molecule has 1 aromatic carbocycles. The van der Waals surface area contributed by atoms with Gasteiger partial charge in [0.15, 0.2) is 0 Å². The van der Waals surface area contributed by atoms with Gasteiger partial charge >= 0.3 is 0 Å². The zero-order valence-corrected chi connectivity index (χ0v) is 8.70. The fraction of sp³-hybridized carbons (Fsp3) is 0.231. The van der Waals surface area contributed by atoms with Crippen LogP contribution in [0.4, 0.5) is 0 Å². The Hall–Kier alpha value is -1.34. The highest BCUT2D eigenvalue weighted by molar-refractivity contribution is 5.28. The molecule has 0 heterocycles. The smallest absolute Gasteiger partial charge is 0.105 e. The average Bonchev–Trinajstić information content (AvgIpc) is 2.16. The van der Waals surface area contributed by atoms with Gasteiger partial charge in [0.25, 0.3) is 0 Å². The van der Waals surface area contributed by atoms with Gasteiger partial charge in [0.2, 0.25) is 0 Å². The standard InChI is InChI=1S/C13H16O/c1-11(2)9-10-13(3,14)12-7-5-4-6-8-12/h4-10,14H,1H2,2-3H3/b10-9+/t13-/m0/s1. The lowest BCUT2D eigenvalue weighted by Gasteiger charge is -2.19. The summed E-state index contributed by atoms with van der Waals surface area (Å²) in [6, 6.07) is 9.57. The quantitative estimate of drug-likeness (QED) is 0.723. The maximum absolute atomic E-state index is 10.1. The molecule has 14 heavy (non-hydrogen) atoms. The van der Waals surface area contributed by atoms with Crippen LogP contribution in [0.3, 0.4) is 0 Å². The van der Waals surface area contributed by atoms with E-state index in [4.69, 9.17) is 0 Å². The van der Waals surface area contributed by atoms with E-state index in [1.807, 2.05) is 43.3 Å². The minimum atomic E-state index is -0.916. The third kappa shape index (κ3) is 2.86. The van der Waals surface area contributed by atoms with Crippen LogP contribution in [0.25, 0.3) is 0 Å². The third-order valence-electron chi connectivity index (χ3n) is 2.05. The Kier molecular flexibility index (Phi) is 3.26. The van der Waals surface area contributed by atoms with E-state index in [9.17, 15) is 5.11 Å². The second kappa shape index (κ2) is 4.25. The lowest BCUT2D eigenvalue weighted by atomic mass is 9.95. The first-order valence-corrected chi connectivity index (χ1v) is 4.65. The van der Waals surface area contributed by atoms with Crippen molar-refractivity contribution in [3.05, 3.63) is 60.2 Å². The maximum Gasteiger partial charge on any atom is 0.105 e. The van der Waals surface area contributed by atoms with Crippen molar-refractivity contribution in [2.24, 2.45) is 0 Å². The van der Waals surface area contributed by atoms with Gasteiger partial charge in [-0.15, -0.1) is 0 Å². The van der Waals surface area contributed by atoms with Gasteiger partial charge in [-0.25, -0.2) is 0 Å². The summed E-state index contributed by atoms with van der Waals surface area (Å²) in [6.07, 6.45) is 3.58. The van der Waals surface area contributed by atoms with Crippen molar-refractivity contribution in [3.63, 3.8) is 0 Å². The van der Waals surface area contributed by atoms with E-state index < -0.39 is 5.60 Å². The summed E-state index contributed by atoms with van der Waals surface area (Å²) in [5, 5.41) is 10.1. The molecule has 1 N–H and O–H groups in total. The molecule has 0 amide bonds. The molecule has 0 spiro atoms. The van der Waals surface area contributed by atoms with Gasteiger partial charge in [-0.05, 0) is 25.5 Å². The van der Waals surface area contributed by atoms with Crippen molar-refractivity contribution in [1.82, 2.24) is 0 Å². The molecule has 1 aromatic rings. The summed E-state index contributed by atoms with van der Waals surface area (Å²) in [4.78, 5) is 0. The second-order valence-corrected chi connectivity index (χ2v) is 3.69. The maximum atomic E-state index is 10.1. The third-order valence-corrected chi connectivity index (χ3v) is 2.05. The molecule has 0 aliphatic rings. The van der Waals surface area contributed by atoms with Gasteiger partial charge in [0.05, 0.1) is 0 Å². The molecule has 0 saturated heterocycles. The zero-order chi connectivity index (χ0) is 10.6. The summed E-state index contributed by atoms with van der Waals surface area (Å²) >= 11 is 0. The Balaban J connectivity index is 2.91. The van der Waals surface area contributed by atoms with Gasteiger partial charge in [0, 0.05) is 0 Å². The minimum absolute atomic E-state index is 0.887. The van der Waals surface area contributed by atoms with Crippen molar-refractivity contribution in [1.29, 1.82) is 0 Å². The first-order chi connectivity index (χ1) is 6.52. The predicted octanol–water partition coefficient (Wildman–Crippen LogP) is 3.03. The van der Waals surface area contributed by atoms with Gasteiger partial charge < -0.3 is 5.11 Å². The van der Waals surface area contributed by atoms with Crippen LogP contribution in [0.15, 0.2) is 54.6 Å². The van der Waals surface area contributed by atoms with Crippen LogP contribution < -0.4 is 0 Å². The highest BCUT2D eigenvalue weighted by Gasteiger charge is 2.17. The molecule has 1 atom stereocenters. The van der Waals surface area contributed by atoms with E-state index >= 15 is 0 Å². The van der Waals surface area contributed by atoms with Crippen molar-refractivity contribution in [3.8, 4) is 0 Å². The van der Waals surface area contributed by atoms with E-state index in [-0.39, 0.29) is 0 Å². The van der Waals surface area contributed by atoms with E-state index in [1.165, 1.54) is 0 Å². The van der Waals surface area contributed by atoms with Crippen LogP contribution in [0.1, 0.15) is 19.4 Å². The monoisotopic (exact) mass is 188 g/mol. The van der Waals surface area contributed by atoms with Crippen molar-refractivity contribution >= 4 is 0 Å². The topological polar surface area (TPSA) is 20.2 Å². The first-order valence-electron chi connectivity index (χ1n) is 4.65. The number of rotatable bonds is 3. The lowest BCUT2D eigenvalue weighted by Crippen LogP contribution is -2.17. The fourth-order valence-electron chi connectivity index (χ4n) is 1.18. The molecule has 0 saturated carbocycles. The molecule has 1 heteroatoms. The molecule has 1 nitrogen and oxygen atoms in total. The molecule has 0 aliphatic heterocycles. The number of allylic oxidation sites excluding steroid dienone is 2. The predicted molar refractivity (Wildman–Crippen MR) is 60.0 cm³/mol. The molecule has 74 valence electrons. The van der Waals surface area contributed by atoms with Crippen LogP contribution >= 0.6 is 0 Å².